The van der Waals surface area contributed by atoms with Gasteiger partial charge in [-0.05, 0) is 43.7 Å². The molecule has 190 valence electrons. The predicted octanol–water partition coefficient (Wildman–Crippen LogP) is 3.29. The highest BCUT2D eigenvalue weighted by molar-refractivity contribution is 7.07. The van der Waals surface area contributed by atoms with Crippen molar-refractivity contribution < 1.29 is 23.8 Å². The Morgan fingerprint density at radius 2 is 1.89 bits per heavy atom. The Morgan fingerprint density at radius 1 is 1.16 bits per heavy atom. The Morgan fingerprint density at radius 3 is 2.57 bits per heavy atom. The molecule has 4 rings (SSSR count). The minimum atomic E-state index is -0.741. The Hall–Kier alpha value is -4.24. The summed E-state index contributed by atoms with van der Waals surface area (Å²) in [6, 6.07) is 13.4. The highest BCUT2D eigenvalue weighted by Crippen LogP contribution is 2.31. The smallest absolute Gasteiger partial charge is 0.338 e. The summed E-state index contributed by atoms with van der Waals surface area (Å²) in [7, 11) is 0. The zero-order chi connectivity index (χ0) is 26.5. The Bertz CT molecular complexity index is 1560. The maximum absolute atomic E-state index is 13.7. The molecule has 2 aromatic carbocycles. The lowest BCUT2D eigenvalue weighted by Gasteiger charge is -2.24. The number of nitrogens with zero attached hydrogens (tertiary/aromatic N) is 2. The van der Waals surface area contributed by atoms with Gasteiger partial charge in [0.15, 0.2) is 4.80 Å². The van der Waals surface area contributed by atoms with E-state index in [1.54, 1.807) is 62.4 Å². The number of carbonyl (C=O) groups is 2. The zero-order valence-corrected chi connectivity index (χ0v) is 21.5. The van der Waals surface area contributed by atoms with E-state index in [1.165, 1.54) is 22.8 Å². The topological polar surface area (TPSA) is 96.2 Å². The van der Waals surface area contributed by atoms with Crippen molar-refractivity contribution in [3.63, 3.8) is 0 Å². The Balaban J connectivity index is 1.89. The molecule has 0 bridgehead atoms. The first kappa shape index (κ1) is 25.8. The number of esters is 2. The van der Waals surface area contributed by atoms with Crippen molar-refractivity contribution >= 4 is 29.4 Å². The van der Waals surface area contributed by atoms with Gasteiger partial charge in [-0.3, -0.25) is 14.2 Å². The predicted molar refractivity (Wildman–Crippen MR) is 140 cm³/mol. The van der Waals surface area contributed by atoms with Crippen molar-refractivity contribution in [3.8, 4) is 11.5 Å². The molecular formula is C28H26N2O6S. The number of benzene rings is 2. The van der Waals surface area contributed by atoms with E-state index in [0.29, 0.717) is 49.8 Å². The standard InChI is InChI=1S/C28H26N2O6S/c1-5-15-35-21-13-11-19(12-14-21)25-24(27(33)34-6-2)17(3)29-28-30(25)26(32)23(37-28)16-20-9-7-8-10-22(20)36-18(4)31/h5,7-14,16,25H,1,6,15H2,2-4H3/b23-16-/t25-/m1/s1. The van der Waals surface area contributed by atoms with E-state index in [0.717, 1.165) is 0 Å². The molecule has 0 radical (unpaired) electrons. The SMILES string of the molecule is C=CCOc1ccc([C@@H]2C(C(=O)OCC)=C(C)N=c3s/c(=C\c4ccccc4OC(C)=O)c(=O)n32)cc1. The highest BCUT2D eigenvalue weighted by atomic mass is 32.1. The van der Waals surface area contributed by atoms with Crippen LogP contribution >= 0.6 is 11.3 Å². The quantitative estimate of drug-likeness (QED) is 0.258. The third kappa shape index (κ3) is 5.46. The molecule has 1 aliphatic heterocycles. The summed E-state index contributed by atoms with van der Waals surface area (Å²) >= 11 is 1.19. The second kappa shape index (κ2) is 11.2. The van der Waals surface area contributed by atoms with Gasteiger partial charge in [0.1, 0.15) is 18.1 Å². The van der Waals surface area contributed by atoms with Crippen LogP contribution in [-0.2, 0) is 14.3 Å². The van der Waals surface area contributed by atoms with E-state index in [9.17, 15) is 14.4 Å². The number of para-hydroxylation sites is 1. The number of fused-ring (bicyclic) bond motifs is 1. The zero-order valence-electron chi connectivity index (χ0n) is 20.7. The Kier molecular flexibility index (Phi) is 7.83. The Labute approximate surface area is 217 Å². The second-order valence-electron chi connectivity index (χ2n) is 8.10. The molecule has 0 fully saturated rings. The first-order valence-corrected chi connectivity index (χ1v) is 12.5. The van der Waals surface area contributed by atoms with Crippen molar-refractivity contribution in [1.82, 2.24) is 4.57 Å². The molecular weight excluding hydrogens is 492 g/mol. The van der Waals surface area contributed by atoms with Gasteiger partial charge in [-0.25, -0.2) is 9.79 Å². The minimum absolute atomic E-state index is 0.189. The van der Waals surface area contributed by atoms with Crippen LogP contribution in [0.4, 0.5) is 0 Å². The molecule has 0 saturated carbocycles. The second-order valence-corrected chi connectivity index (χ2v) is 9.11. The average molecular weight is 519 g/mol. The molecule has 1 atom stereocenters. The fourth-order valence-corrected chi connectivity index (χ4v) is 5.03. The van der Waals surface area contributed by atoms with E-state index in [4.69, 9.17) is 14.2 Å². The molecule has 0 aliphatic carbocycles. The van der Waals surface area contributed by atoms with Gasteiger partial charge in [0.25, 0.3) is 5.56 Å². The first-order chi connectivity index (χ1) is 17.8. The van der Waals surface area contributed by atoms with Crippen LogP contribution in [0.1, 0.15) is 37.9 Å². The van der Waals surface area contributed by atoms with Gasteiger partial charge in [-0.2, -0.15) is 0 Å². The van der Waals surface area contributed by atoms with Crippen LogP contribution in [0.3, 0.4) is 0 Å². The molecule has 37 heavy (non-hydrogen) atoms. The molecule has 9 heteroatoms. The van der Waals surface area contributed by atoms with Gasteiger partial charge >= 0.3 is 11.9 Å². The van der Waals surface area contributed by atoms with Crippen molar-refractivity contribution in [2.45, 2.75) is 26.8 Å². The molecule has 2 heterocycles. The van der Waals surface area contributed by atoms with Gasteiger partial charge in [0, 0.05) is 12.5 Å². The summed E-state index contributed by atoms with van der Waals surface area (Å²) in [6.45, 7) is 8.97. The summed E-state index contributed by atoms with van der Waals surface area (Å²) in [4.78, 5) is 43.3. The van der Waals surface area contributed by atoms with Crippen LogP contribution in [-0.4, -0.2) is 29.7 Å². The fraction of sp³-hybridized carbons (Fsp3) is 0.214. The van der Waals surface area contributed by atoms with Gasteiger partial charge < -0.3 is 14.2 Å². The minimum Gasteiger partial charge on any atom is -0.490 e. The number of carbonyl (C=O) groups excluding carboxylic acids is 2. The van der Waals surface area contributed by atoms with Gasteiger partial charge in [-0.1, -0.05) is 54.3 Å². The molecule has 1 aromatic heterocycles. The number of rotatable bonds is 8. The van der Waals surface area contributed by atoms with E-state index < -0.39 is 18.0 Å². The summed E-state index contributed by atoms with van der Waals surface area (Å²) in [5.41, 5.74) is 1.72. The summed E-state index contributed by atoms with van der Waals surface area (Å²) in [5, 5.41) is 0. The van der Waals surface area contributed by atoms with Crippen molar-refractivity contribution in [2.24, 2.45) is 4.99 Å². The lowest BCUT2D eigenvalue weighted by atomic mass is 9.96. The molecule has 1 aliphatic rings. The molecule has 3 aromatic rings. The maximum Gasteiger partial charge on any atom is 0.338 e. The van der Waals surface area contributed by atoms with Gasteiger partial charge in [-0.15, -0.1) is 0 Å². The van der Waals surface area contributed by atoms with Crippen molar-refractivity contribution in [2.75, 3.05) is 13.2 Å². The molecule has 8 nitrogen and oxygen atoms in total. The number of allylic oxidation sites excluding steroid dienone is 1. The molecule has 0 N–H and O–H groups in total. The van der Waals surface area contributed by atoms with E-state index >= 15 is 0 Å². The summed E-state index contributed by atoms with van der Waals surface area (Å²) in [5.74, 6) is -0.0137. The van der Waals surface area contributed by atoms with Gasteiger partial charge in [0.05, 0.1) is 28.5 Å². The molecule has 0 saturated heterocycles. The van der Waals surface area contributed by atoms with Crippen molar-refractivity contribution in [3.05, 3.63) is 103 Å². The van der Waals surface area contributed by atoms with Gasteiger partial charge in [0.2, 0.25) is 0 Å². The number of hydrogen-bond acceptors (Lipinski definition) is 8. The maximum atomic E-state index is 13.7. The first-order valence-electron chi connectivity index (χ1n) is 11.6. The fourth-order valence-electron chi connectivity index (χ4n) is 4.00. The average Bonchev–Trinajstić information content (AvgIpc) is 3.17. The third-order valence-corrected chi connectivity index (χ3v) is 6.52. The van der Waals surface area contributed by atoms with Crippen LogP contribution < -0.4 is 24.4 Å². The highest BCUT2D eigenvalue weighted by Gasteiger charge is 2.33. The van der Waals surface area contributed by atoms with Crippen LogP contribution in [0.15, 0.2) is 82.2 Å². The normalized spacial score (nSPS) is 15.0. The van der Waals surface area contributed by atoms with E-state index in [-0.39, 0.29) is 12.2 Å². The molecule has 0 spiro atoms. The number of hydrogen-bond donors (Lipinski definition) is 0. The molecule has 0 unspecified atom stereocenters. The van der Waals surface area contributed by atoms with Crippen LogP contribution in [0.25, 0.3) is 6.08 Å². The number of ether oxygens (including phenoxy) is 3. The molecule has 0 amide bonds. The lowest BCUT2D eigenvalue weighted by Crippen LogP contribution is -2.39. The number of thiazole rings is 1. The lowest BCUT2D eigenvalue weighted by molar-refractivity contribution is -0.139. The summed E-state index contributed by atoms with van der Waals surface area (Å²) in [6.07, 6.45) is 3.31. The number of aromatic nitrogens is 1. The largest absolute Gasteiger partial charge is 0.490 e. The van der Waals surface area contributed by atoms with E-state index in [2.05, 4.69) is 11.6 Å². The van der Waals surface area contributed by atoms with Crippen molar-refractivity contribution in [1.29, 1.82) is 0 Å². The summed E-state index contributed by atoms with van der Waals surface area (Å²) < 4.78 is 18.1. The van der Waals surface area contributed by atoms with E-state index in [1.807, 2.05) is 12.1 Å². The third-order valence-electron chi connectivity index (χ3n) is 5.54. The van der Waals surface area contributed by atoms with Crippen LogP contribution in [0.2, 0.25) is 0 Å². The van der Waals surface area contributed by atoms with Crippen LogP contribution in [0.5, 0.6) is 11.5 Å². The van der Waals surface area contributed by atoms with Crippen LogP contribution in [0, 0.1) is 0 Å². The monoisotopic (exact) mass is 518 g/mol.